The molecule has 2 aromatic rings. The lowest BCUT2D eigenvalue weighted by Crippen LogP contribution is -2.40. The number of rotatable bonds is 2. The standard InChI is InChI=1S/C15H19N3O2S/c1-9(19)10-4-7-18(8-5-10)15(20)13-12(16)11-3-2-6-17-14(11)21-13/h2-3,6,9-10,19H,4-5,7-8,16H2,1H3. The Morgan fingerprint density at radius 3 is 2.86 bits per heavy atom. The number of fused-ring (bicyclic) bond motifs is 1. The zero-order chi connectivity index (χ0) is 15.0. The molecule has 6 heteroatoms. The maximum atomic E-state index is 12.6. The van der Waals surface area contributed by atoms with Crippen molar-refractivity contribution in [3.8, 4) is 0 Å². The highest BCUT2D eigenvalue weighted by Gasteiger charge is 2.28. The van der Waals surface area contributed by atoms with Gasteiger partial charge in [-0.3, -0.25) is 4.79 Å². The van der Waals surface area contributed by atoms with E-state index in [2.05, 4.69) is 4.98 Å². The first-order valence-corrected chi connectivity index (χ1v) is 8.00. The van der Waals surface area contributed by atoms with Crippen LogP contribution in [0, 0.1) is 5.92 Å². The number of pyridine rings is 1. The summed E-state index contributed by atoms with van der Waals surface area (Å²) in [4.78, 5) is 20.1. The molecule has 112 valence electrons. The Hall–Kier alpha value is -1.66. The molecule has 1 amide bonds. The number of aromatic nitrogens is 1. The first-order valence-electron chi connectivity index (χ1n) is 7.18. The molecule has 3 heterocycles. The molecule has 1 unspecified atom stereocenters. The van der Waals surface area contributed by atoms with Crippen LogP contribution >= 0.6 is 11.3 Å². The van der Waals surface area contributed by atoms with Crippen molar-refractivity contribution in [3.63, 3.8) is 0 Å². The third-order valence-electron chi connectivity index (χ3n) is 4.21. The number of likely N-dealkylation sites (tertiary alicyclic amines) is 1. The Kier molecular flexibility index (Phi) is 3.82. The number of thiophene rings is 1. The maximum Gasteiger partial charge on any atom is 0.266 e. The quantitative estimate of drug-likeness (QED) is 0.890. The molecule has 1 atom stereocenters. The molecule has 0 saturated carbocycles. The van der Waals surface area contributed by atoms with Gasteiger partial charge in [-0.25, -0.2) is 4.98 Å². The molecule has 5 nitrogen and oxygen atoms in total. The number of nitrogens with zero attached hydrogens (tertiary/aromatic N) is 2. The van der Waals surface area contributed by atoms with Crippen LogP contribution in [0.4, 0.5) is 5.69 Å². The normalized spacial score (nSPS) is 18.1. The van der Waals surface area contributed by atoms with E-state index in [1.165, 1.54) is 11.3 Å². The molecule has 1 fully saturated rings. The van der Waals surface area contributed by atoms with Crippen LogP contribution in [0.25, 0.3) is 10.2 Å². The number of amides is 1. The highest BCUT2D eigenvalue weighted by molar-refractivity contribution is 7.21. The number of piperidine rings is 1. The van der Waals surface area contributed by atoms with Gasteiger partial charge in [-0.15, -0.1) is 11.3 Å². The number of nitrogens with two attached hydrogens (primary N) is 1. The molecule has 21 heavy (non-hydrogen) atoms. The van der Waals surface area contributed by atoms with Crippen LogP contribution in [-0.2, 0) is 0 Å². The van der Waals surface area contributed by atoms with Crippen molar-refractivity contribution in [1.29, 1.82) is 0 Å². The summed E-state index contributed by atoms with van der Waals surface area (Å²) in [6.45, 7) is 3.17. The minimum absolute atomic E-state index is 0.0143. The van der Waals surface area contributed by atoms with Crippen molar-refractivity contribution in [3.05, 3.63) is 23.2 Å². The lowest BCUT2D eigenvalue weighted by atomic mass is 9.92. The first-order chi connectivity index (χ1) is 10.1. The average Bonchev–Trinajstić information content (AvgIpc) is 2.84. The SMILES string of the molecule is CC(O)C1CCN(C(=O)c2sc3ncccc3c2N)CC1. The molecule has 1 saturated heterocycles. The minimum atomic E-state index is -0.305. The summed E-state index contributed by atoms with van der Waals surface area (Å²) in [5, 5.41) is 10.5. The van der Waals surface area contributed by atoms with Gasteiger partial charge in [-0.2, -0.15) is 0 Å². The summed E-state index contributed by atoms with van der Waals surface area (Å²) >= 11 is 1.36. The molecule has 1 aliphatic rings. The van der Waals surface area contributed by atoms with E-state index in [1.807, 2.05) is 24.0 Å². The van der Waals surface area contributed by atoms with E-state index in [0.717, 1.165) is 23.1 Å². The second-order valence-corrected chi connectivity index (χ2v) is 6.57. The Morgan fingerprint density at radius 1 is 1.52 bits per heavy atom. The molecule has 0 aliphatic carbocycles. The van der Waals surface area contributed by atoms with Gasteiger partial charge < -0.3 is 15.7 Å². The van der Waals surface area contributed by atoms with Gasteiger partial charge in [0.1, 0.15) is 9.71 Å². The van der Waals surface area contributed by atoms with Gasteiger partial charge in [0.2, 0.25) is 0 Å². The van der Waals surface area contributed by atoms with Crippen LogP contribution in [0.2, 0.25) is 0 Å². The van der Waals surface area contributed by atoms with Crippen LogP contribution < -0.4 is 5.73 Å². The first kappa shape index (κ1) is 14.3. The van der Waals surface area contributed by atoms with E-state index in [-0.39, 0.29) is 17.9 Å². The molecular formula is C15H19N3O2S. The highest BCUT2D eigenvalue weighted by atomic mass is 32.1. The van der Waals surface area contributed by atoms with Gasteiger partial charge in [0, 0.05) is 24.7 Å². The summed E-state index contributed by atoms with van der Waals surface area (Å²) in [7, 11) is 0. The maximum absolute atomic E-state index is 12.6. The minimum Gasteiger partial charge on any atom is -0.397 e. The van der Waals surface area contributed by atoms with Crippen molar-refractivity contribution in [1.82, 2.24) is 9.88 Å². The van der Waals surface area contributed by atoms with E-state index in [0.29, 0.717) is 23.7 Å². The number of carbonyl (C=O) groups is 1. The second kappa shape index (κ2) is 5.61. The van der Waals surface area contributed by atoms with Crippen LogP contribution in [-0.4, -0.2) is 40.1 Å². The molecule has 0 aromatic carbocycles. The summed E-state index contributed by atoms with van der Waals surface area (Å²) in [5.41, 5.74) is 6.64. The van der Waals surface area contributed by atoms with Crippen LogP contribution in [0.3, 0.4) is 0 Å². The van der Waals surface area contributed by atoms with Gasteiger partial charge in [0.05, 0.1) is 11.8 Å². The van der Waals surface area contributed by atoms with Crippen molar-refractivity contribution in [2.24, 2.45) is 5.92 Å². The predicted molar refractivity (Wildman–Crippen MR) is 84.3 cm³/mol. The van der Waals surface area contributed by atoms with Crippen LogP contribution in [0.5, 0.6) is 0 Å². The van der Waals surface area contributed by atoms with Crippen molar-refractivity contribution in [2.45, 2.75) is 25.9 Å². The third-order valence-corrected chi connectivity index (χ3v) is 5.33. The summed E-state index contributed by atoms with van der Waals surface area (Å²) in [5.74, 6) is 0.273. The number of hydrogen-bond acceptors (Lipinski definition) is 5. The Morgan fingerprint density at radius 2 is 2.24 bits per heavy atom. The number of carbonyl (C=O) groups excluding carboxylic acids is 1. The summed E-state index contributed by atoms with van der Waals surface area (Å²) < 4.78 is 0. The Labute approximate surface area is 127 Å². The van der Waals surface area contributed by atoms with Crippen molar-refractivity contribution < 1.29 is 9.90 Å². The number of aliphatic hydroxyl groups is 1. The average molecular weight is 305 g/mol. The monoisotopic (exact) mass is 305 g/mol. The largest absolute Gasteiger partial charge is 0.397 e. The smallest absolute Gasteiger partial charge is 0.266 e. The number of anilines is 1. The fraction of sp³-hybridized carbons (Fsp3) is 0.467. The molecule has 3 rings (SSSR count). The van der Waals surface area contributed by atoms with Crippen molar-refractivity contribution in [2.75, 3.05) is 18.8 Å². The topological polar surface area (TPSA) is 79.5 Å². The molecule has 2 aromatic heterocycles. The lowest BCUT2D eigenvalue weighted by molar-refractivity contribution is 0.0526. The van der Waals surface area contributed by atoms with E-state index in [1.54, 1.807) is 6.20 Å². The molecular weight excluding hydrogens is 286 g/mol. The molecule has 0 radical (unpaired) electrons. The second-order valence-electron chi connectivity index (χ2n) is 5.57. The van der Waals surface area contributed by atoms with Crippen LogP contribution in [0.1, 0.15) is 29.4 Å². The fourth-order valence-electron chi connectivity index (χ4n) is 2.84. The van der Waals surface area contributed by atoms with Gasteiger partial charge >= 0.3 is 0 Å². The van der Waals surface area contributed by atoms with E-state index in [9.17, 15) is 9.90 Å². The van der Waals surface area contributed by atoms with E-state index < -0.39 is 0 Å². The molecule has 0 bridgehead atoms. The van der Waals surface area contributed by atoms with Gasteiger partial charge in [-0.1, -0.05) is 0 Å². The van der Waals surface area contributed by atoms with E-state index in [4.69, 9.17) is 5.73 Å². The Balaban J connectivity index is 1.80. The number of hydrogen-bond donors (Lipinski definition) is 2. The molecule has 1 aliphatic heterocycles. The highest BCUT2D eigenvalue weighted by Crippen LogP contribution is 2.33. The number of aliphatic hydroxyl groups excluding tert-OH is 1. The summed E-state index contributed by atoms with van der Waals surface area (Å²) in [6.07, 6.45) is 3.08. The zero-order valence-corrected chi connectivity index (χ0v) is 12.8. The molecule has 0 spiro atoms. The van der Waals surface area contributed by atoms with Crippen LogP contribution in [0.15, 0.2) is 18.3 Å². The van der Waals surface area contributed by atoms with Gasteiger partial charge in [0.25, 0.3) is 5.91 Å². The lowest BCUT2D eigenvalue weighted by Gasteiger charge is -2.33. The van der Waals surface area contributed by atoms with Gasteiger partial charge in [0.15, 0.2) is 0 Å². The number of nitrogen functional groups attached to an aromatic ring is 1. The van der Waals surface area contributed by atoms with Gasteiger partial charge in [-0.05, 0) is 37.8 Å². The molecule has 3 N–H and O–H groups in total. The van der Waals surface area contributed by atoms with E-state index >= 15 is 0 Å². The van der Waals surface area contributed by atoms with Crippen molar-refractivity contribution >= 4 is 33.1 Å². The summed E-state index contributed by atoms with van der Waals surface area (Å²) in [6, 6.07) is 3.72. The zero-order valence-electron chi connectivity index (χ0n) is 12.0. The fourth-order valence-corrected chi connectivity index (χ4v) is 3.87. The third kappa shape index (κ3) is 2.61. The predicted octanol–water partition coefficient (Wildman–Crippen LogP) is 2.11. The Bertz CT molecular complexity index is 660.